The Morgan fingerprint density at radius 1 is 1.38 bits per heavy atom. The number of rotatable bonds is 5. The summed E-state index contributed by atoms with van der Waals surface area (Å²) in [6.45, 7) is 4.50. The molecule has 94 valence electrons. The van der Waals surface area contributed by atoms with Gasteiger partial charge in [-0.1, -0.05) is 13.8 Å². The van der Waals surface area contributed by atoms with Crippen LogP contribution in [0.25, 0.3) is 0 Å². The number of sulfone groups is 1. The second kappa shape index (κ2) is 5.66. The van der Waals surface area contributed by atoms with E-state index < -0.39 is 9.84 Å². The average molecular weight is 247 g/mol. The first-order valence-electron chi connectivity index (χ1n) is 5.96. The first-order chi connectivity index (χ1) is 7.48. The highest BCUT2D eigenvalue weighted by Gasteiger charge is 2.28. The lowest BCUT2D eigenvalue weighted by Gasteiger charge is -2.14. The molecule has 1 aliphatic heterocycles. The van der Waals surface area contributed by atoms with E-state index in [1.807, 2.05) is 13.8 Å². The first-order valence-corrected chi connectivity index (χ1v) is 7.78. The molecule has 0 aromatic carbocycles. The largest absolute Gasteiger partial charge is 0.356 e. The van der Waals surface area contributed by atoms with E-state index >= 15 is 0 Å². The van der Waals surface area contributed by atoms with Crippen molar-refractivity contribution in [2.75, 3.05) is 18.1 Å². The summed E-state index contributed by atoms with van der Waals surface area (Å²) in [4.78, 5) is 11.7. The van der Waals surface area contributed by atoms with E-state index in [9.17, 15) is 13.2 Å². The van der Waals surface area contributed by atoms with E-state index in [0.29, 0.717) is 13.0 Å². The molecule has 1 amide bonds. The lowest BCUT2D eigenvalue weighted by molar-refractivity contribution is -0.125. The first kappa shape index (κ1) is 13.5. The van der Waals surface area contributed by atoms with Crippen molar-refractivity contribution in [2.24, 2.45) is 11.8 Å². The molecule has 1 heterocycles. The van der Waals surface area contributed by atoms with Crippen molar-refractivity contribution in [3.8, 4) is 0 Å². The lowest BCUT2D eigenvalue weighted by atomic mass is 10.0. The Morgan fingerprint density at radius 3 is 2.44 bits per heavy atom. The standard InChI is InChI=1S/C11H21NO3S/c1-3-10(4-2)11(13)12-7-9-5-6-16(14,15)8-9/h9-10H,3-8H2,1-2H3,(H,12,13). The Labute approximate surface area is 97.7 Å². The molecule has 0 aromatic rings. The lowest BCUT2D eigenvalue weighted by Crippen LogP contribution is -2.34. The van der Waals surface area contributed by atoms with Crippen molar-refractivity contribution in [3.63, 3.8) is 0 Å². The van der Waals surface area contributed by atoms with Crippen LogP contribution in [0.1, 0.15) is 33.1 Å². The summed E-state index contributed by atoms with van der Waals surface area (Å²) in [5, 5.41) is 2.86. The van der Waals surface area contributed by atoms with Gasteiger partial charge in [-0.15, -0.1) is 0 Å². The molecular formula is C11H21NO3S. The van der Waals surface area contributed by atoms with Gasteiger partial charge in [-0.05, 0) is 25.2 Å². The summed E-state index contributed by atoms with van der Waals surface area (Å²) in [5.74, 6) is 0.755. The van der Waals surface area contributed by atoms with Gasteiger partial charge in [0.1, 0.15) is 0 Å². The van der Waals surface area contributed by atoms with Gasteiger partial charge in [-0.25, -0.2) is 8.42 Å². The van der Waals surface area contributed by atoms with E-state index in [0.717, 1.165) is 12.8 Å². The molecule has 1 unspecified atom stereocenters. The molecule has 0 radical (unpaired) electrons. The molecule has 1 rings (SSSR count). The van der Waals surface area contributed by atoms with Crippen LogP contribution in [0.2, 0.25) is 0 Å². The minimum absolute atomic E-state index is 0.0642. The number of carbonyl (C=O) groups excluding carboxylic acids is 1. The van der Waals surface area contributed by atoms with Gasteiger partial charge in [0, 0.05) is 12.5 Å². The van der Waals surface area contributed by atoms with E-state index in [2.05, 4.69) is 5.32 Å². The Kier molecular flexibility index (Phi) is 4.77. The van der Waals surface area contributed by atoms with E-state index in [4.69, 9.17) is 0 Å². The molecule has 0 saturated carbocycles. The number of carbonyl (C=O) groups is 1. The molecule has 1 atom stereocenters. The monoisotopic (exact) mass is 247 g/mol. The maximum absolute atomic E-state index is 11.7. The second-order valence-corrected chi connectivity index (χ2v) is 6.76. The van der Waals surface area contributed by atoms with Gasteiger partial charge in [-0.3, -0.25) is 4.79 Å². The molecule has 0 bridgehead atoms. The van der Waals surface area contributed by atoms with Crippen LogP contribution in [0, 0.1) is 11.8 Å². The van der Waals surface area contributed by atoms with Crippen LogP contribution in [-0.4, -0.2) is 32.4 Å². The zero-order valence-electron chi connectivity index (χ0n) is 10.0. The molecule has 0 aromatic heterocycles. The fraction of sp³-hybridized carbons (Fsp3) is 0.909. The van der Waals surface area contributed by atoms with E-state index in [1.165, 1.54) is 0 Å². The molecule has 1 aliphatic rings. The Hall–Kier alpha value is -0.580. The summed E-state index contributed by atoms with van der Waals surface area (Å²) in [6.07, 6.45) is 2.36. The molecule has 1 saturated heterocycles. The topological polar surface area (TPSA) is 63.2 Å². The summed E-state index contributed by atoms with van der Waals surface area (Å²) < 4.78 is 22.4. The fourth-order valence-corrected chi connectivity index (χ4v) is 3.94. The highest BCUT2D eigenvalue weighted by Crippen LogP contribution is 2.17. The Morgan fingerprint density at radius 2 is 2.00 bits per heavy atom. The highest BCUT2D eigenvalue weighted by atomic mass is 32.2. The molecule has 1 N–H and O–H groups in total. The minimum Gasteiger partial charge on any atom is -0.356 e. The van der Waals surface area contributed by atoms with Gasteiger partial charge in [0.15, 0.2) is 9.84 Å². The number of hydrogen-bond donors (Lipinski definition) is 1. The quantitative estimate of drug-likeness (QED) is 0.787. The second-order valence-electron chi connectivity index (χ2n) is 4.53. The SMILES string of the molecule is CCC(CC)C(=O)NCC1CCS(=O)(=O)C1. The zero-order valence-corrected chi connectivity index (χ0v) is 10.8. The van der Waals surface area contributed by atoms with Crippen LogP contribution in [0.5, 0.6) is 0 Å². The van der Waals surface area contributed by atoms with Gasteiger partial charge in [0.25, 0.3) is 0 Å². The van der Waals surface area contributed by atoms with Crippen molar-refractivity contribution in [2.45, 2.75) is 33.1 Å². The van der Waals surface area contributed by atoms with E-state index in [-0.39, 0.29) is 29.2 Å². The molecule has 5 heteroatoms. The van der Waals surface area contributed by atoms with Crippen molar-refractivity contribution >= 4 is 15.7 Å². The van der Waals surface area contributed by atoms with Gasteiger partial charge in [-0.2, -0.15) is 0 Å². The smallest absolute Gasteiger partial charge is 0.223 e. The summed E-state index contributed by atoms with van der Waals surface area (Å²) >= 11 is 0. The van der Waals surface area contributed by atoms with Crippen molar-refractivity contribution < 1.29 is 13.2 Å². The summed E-state index contributed by atoms with van der Waals surface area (Å²) in [7, 11) is -2.83. The minimum atomic E-state index is -2.83. The molecule has 1 fully saturated rings. The van der Waals surface area contributed by atoms with Gasteiger partial charge in [0.2, 0.25) is 5.91 Å². The van der Waals surface area contributed by atoms with Crippen molar-refractivity contribution in [3.05, 3.63) is 0 Å². The van der Waals surface area contributed by atoms with Crippen LogP contribution in [0.4, 0.5) is 0 Å². The number of hydrogen-bond acceptors (Lipinski definition) is 3. The third-order valence-corrected chi connectivity index (χ3v) is 5.09. The van der Waals surface area contributed by atoms with Crippen LogP contribution < -0.4 is 5.32 Å². The van der Waals surface area contributed by atoms with Gasteiger partial charge < -0.3 is 5.32 Å². The summed E-state index contributed by atoms with van der Waals surface area (Å²) in [6, 6.07) is 0. The van der Waals surface area contributed by atoms with Crippen LogP contribution in [0.15, 0.2) is 0 Å². The fourth-order valence-electron chi connectivity index (χ4n) is 2.08. The predicted molar refractivity (Wildman–Crippen MR) is 63.8 cm³/mol. The molecular weight excluding hydrogens is 226 g/mol. The van der Waals surface area contributed by atoms with Gasteiger partial charge >= 0.3 is 0 Å². The number of amides is 1. The molecule has 0 aliphatic carbocycles. The van der Waals surface area contributed by atoms with Crippen LogP contribution in [-0.2, 0) is 14.6 Å². The average Bonchev–Trinajstić information content (AvgIpc) is 2.57. The zero-order chi connectivity index (χ0) is 12.2. The highest BCUT2D eigenvalue weighted by molar-refractivity contribution is 7.91. The van der Waals surface area contributed by atoms with Crippen molar-refractivity contribution in [1.82, 2.24) is 5.32 Å². The molecule has 4 nitrogen and oxygen atoms in total. The summed E-state index contributed by atoms with van der Waals surface area (Å²) in [5.41, 5.74) is 0. The van der Waals surface area contributed by atoms with Crippen LogP contribution in [0.3, 0.4) is 0 Å². The third-order valence-electron chi connectivity index (χ3n) is 3.25. The maximum Gasteiger partial charge on any atom is 0.223 e. The molecule has 16 heavy (non-hydrogen) atoms. The maximum atomic E-state index is 11.7. The van der Waals surface area contributed by atoms with E-state index in [1.54, 1.807) is 0 Å². The van der Waals surface area contributed by atoms with Gasteiger partial charge in [0.05, 0.1) is 11.5 Å². The normalized spacial score (nSPS) is 23.6. The van der Waals surface area contributed by atoms with Crippen molar-refractivity contribution in [1.29, 1.82) is 0 Å². The Bertz CT molecular complexity index is 333. The Balaban J connectivity index is 2.33. The number of nitrogens with one attached hydrogen (secondary N) is 1. The predicted octanol–water partition coefficient (Wildman–Crippen LogP) is 0.974. The molecule has 0 spiro atoms. The third kappa shape index (κ3) is 3.77. The van der Waals surface area contributed by atoms with Crippen LogP contribution >= 0.6 is 0 Å².